The van der Waals surface area contributed by atoms with Crippen LogP contribution < -0.4 is 0 Å². The molecule has 0 aliphatic carbocycles. The van der Waals surface area contributed by atoms with Crippen molar-refractivity contribution in [2.24, 2.45) is 11.8 Å². The molecule has 42 heavy (non-hydrogen) atoms. The van der Waals surface area contributed by atoms with E-state index in [1.807, 2.05) is 102 Å². The van der Waals surface area contributed by atoms with E-state index in [0.717, 1.165) is 36.8 Å². The predicted octanol–water partition coefficient (Wildman–Crippen LogP) is 6.73. The molecule has 2 aliphatic rings. The Morgan fingerprint density at radius 3 is 1.29 bits per heavy atom. The van der Waals surface area contributed by atoms with E-state index in [9.17, 15) is 19.8 Å². The summed E-state index contributed by atoms with van der Waals surface area (Å²) in [4.78, 5) is 28.5. The molecule has 4 unspecified atom stereocenters. The first-order chi connectivity index (χ1) is 19.8. The number of hydrogen-bond acceptors (Lipinski definition) is 6. The molecule has 4 atom stereocenters. The van der Waals surface area contributed by atoms with Crippen LogP contribution >= 0.6 is 0 Å². The van der Waals surface area contributed by atoms with Gasteiger partial charge in [-0.15, -0.1) is 0 Å². The third kappa shape index (κ3) is 10.0. The van der Waals surface area contributed by atoms with Crippen LogP contribution in [-0.4, -0.2) is 69.7 Å². The third-order valence-corrected chi connectivity index (χ3v) is 7.56. The fourth-order valence-corrected chi connectivity index (χ4v) is 5.47. The van der Waals surface area contributed by atoms with Gasteiger partial charge in [-0.2, -0.15) is 0 Å². The third-order valence-electron chi connectivity index (χ3n) is 7.56. The number of carbonyl (C=O) groups is 2. The molecule has 2 amide bonds. The molecule has 2 fully saturated rings. The number of likely N-dealkylation sites (tertiary alicyclic amines) is 2. The van der Waals surface area contributed by atoms with Crippen LogP contribution in [0.5, 0.6) is 0 Å². The number of carbonyl (C=O) groups excluding carboxylic acids is 2. The van der Waals surface area contributed by atoms with Crippen LogP contribution in [0.25, 0.3) is 0 Å². The Morgan fingerprint density at radius 2 is 1.00 bits per heavy atom. The zero-order chi connectivity index (χ0) is 30.9. The quantitative estimate of drug-likeness (QED) is 0.415. The normalized spacial score (nSPS) is 23.0. The highest BCUT2D eigenvalue weighted by Crippen LogP contribution is 2.36. The molecule has 2 aromatic rings. The lowest BCUT2D eigenvalue weighted by Crippen LogP contribution is -2.44. The fourth-order valence-electron chi connectivity index (χ4n) is 5.47. The smallest absolute Gasteiger partial charge is 0.410 e. The first-order valence-electron chi connectivity index (χ1n) is 15.1. The van der Waals surface area contributed by atoms with E-state index in [1.54, 1.807) is 9.80 Å². The molecule has 2 N–H and O–H groups in total. The summed E-state index contributed by atoms with van der Waals surface area (Å²) in [6, 6.07) is 19.9. The predicted molar refractivity (Wildman–Crippen MR) is 164 cm³/mol. The van der Waals surface area contributed by atoms with Crippen molar-refractivity contribution in [3.05, 3.63) is 71.8 Å². The molecule has 8 heteroatoms. The Labute approximate surface area is 251 Å². The minimum absolute atomic E-state index is 0.0213. The number of nitrogens with zero attached hydrogens (tertiary/aromatic N) is 2. The number of amides is 2. The molecule has 232 valence electrons. The highest BCUT2D eigenvalue weighted by Gasteiger charge is 2.36. The van der Waals surface area contributed by atoms with Gasteiger partial charge < -0.3 is 29.5 Å². The second kappa shape index (κ2) is 14.9. The van der Waals surface area contributed by atoms with Crippen molar-refractivity contribution in [3.63, 3.8) is 0 Å². The lowest BCUT2D eigenvalue weighted by Gasteiger charge is -2.39. The van der Waals surface area contributed by atoms with Crippen molar-refractivity contribution in [1.29, 1.82) is 0 Å². The summed E-state index contributed by atoms with van der Waals surface area (Å²) in [7, 11) is 0. The van der Waals surface area contributed by atoms with E-state index in [4.69, 9.17) is 9.47 Å². The highest BCUT2D eigenvalue weighted by molar-refractivity contribution is 5.69. The van der Waals surface area contributed by atoms with Crippen molar-refractivity contribution in [2.45, 2.75) is 90.5 Å². The second-order valence-electron chi connectivity index (χ2n) is 13.3. The van der Waals surface area contributed by atoms with Crippen LogP contribution in [0.3, 0.4) is 0 Å². The Bertz CT molecular complexity index is 1020. The maximum absolute atomic E-state index is 12.4. The summed E-state index contributed by atoms with van der Waals surface area (Å²) < 4.78 is 11.0. The number of rotatable bonds is 4. The monoisotopic (exact) mass is 582 g/mol. The van der Waals surface area contributed by atoms with E-state index >= 15 is 0 Å². The molecule has 2 saturated heterocycles. The van der Waals surface area contributed by atoms with E-state index in [1.165, 1.54) is 0 Å². The van der Waals surface area contributed by atoms with Gasteiger partial charge in [0.05, 0.1) is 12.1 Å². The molecule has 2 aromatic carbocycles. The standard InChI is InChI=1S/2C17H25NO3/c2*1-17(2,3)21-16(20)18-10-9-13(12-19)11-15(18)14-7-5-4-6-8-14/h2*4-8,13,15,19H,9-12H2,1-3H3. The zero-order valence-electron chi connectivity index (χ0n) is 26.2. The SMILES string of the molecule is CC(C)(C)OC(=O)N1CCC(CO)CC1c1ccccc1.CC(C)(C)OC(=O)N1CCC(CO)CC1c1ccccc1. The summed E-state index contributed by atoms with van der Waals surface area (Å²) in [6.07, 6.45) is 2.65. The highest BCUT2D eigenvalue weighted by atomic mass is 16.6. The number of ether oxygens (including phenoxy) is 2. The lowest BCUT2D eigenvalue weighted by molar-refractivity contribution is -0.000499. The summed E-state index contributed by atoms with van der Waals surface area (Å²) in [5, 5.41) is 18.9. The van der Waals surface area contributed by atoms with Crippen molar-refractivity contribution in [2.75, 3.05) is 26.3 Å². The molecule has 0 spiro atoms. The van der Waals surface area contributed by atoms with E-state index in [-0.39, 0.29) is 49.3 Å². The molecule has 2 aliphatic heterocycles. The topological polar surface area (TPSA) is 99.5 Å². The van der Waals surface area contributed by atoms with E-state index in [2.05, 4.69) is 0 Å². The van der Waals surface area contributed by atoms with Crippen LogP contribution in [0.4, 0.5) is 9.59 Å². The summed E-state index contributed by atoms with van der Waals surface area (Å²) in [5.41, 5.74) is 1.21. The number of piperidine rings is 2. The zero-order valence-corrected chi connectivity index (χ0v) is 26.2. The number of benzene rings is 2. The Kier molecular flexibility index (Phi) is 11.8. The van der Waals surface area contributed by atoms with Gasteiger partial charge in [0.2, 0.25) is 0 Å². The molecule has 0 radical (unpaired) electrons. The fraction of sp³-hybridized carbons (Fsp3) is 0.588. The minimum atomic E-state index is -0.494. The van der Waals surface area contributed by atoms with Crippen molar-refractivity contribution >= 4 is 12.2 Å². The maximum atomic E-state index is 12.4. The van der Waals surface area contributed by atoms with Gasteiger partial charge in [0.25, 0.3) is 0 Å². The second-order valence-corrected chi connectivity index (χ2v) is 13.3. The number of hydrogen-bond donors (Lipinski definition) is 2. The van der Waals surface area contributed by atoms with E-state index in [0.29, 0.717) is 13.1 Å². The average Bonchev–Trinajstić information content (AvgIpc) is 2.96. The van der Waals surface area contributed by atoms with Crippen LogP contribution in [0.15, 0.2) is 60.7 Å². The van der Waals surface area contributed by atoms with Crippen molar-refractivity contribution in [1.82, 2.24) is 9.80 Å². The summed E-state index contributed by atoms with van der Waals surface area (Å²) in [5.74, 6) is 0.489. The van der Waals surface area contributed by atoms with Crippen LogP contribution in [0.2, 0.25) is 0 Å². The van der Waals surface area contributed by atoms with Crippen LogP contribution in [0, 0.1) is 11.8 Å². The van der Waals surface area contributed by atoms with Gasteiger partial charge in [-0.1, -0.05) is 60.7 Å². The first kappa shape index (κ1) is 33.4. The molecular weight excluding hydrogens is 532 g/mol. The largest absolute Gasteiger partial charge is 0.444 e. The van der Waals surface area contributed by atoms with Gasteiger partial charge in [0.1, 0.15) is 11.2 Å². The molecular formula is C34H50N2O6. The van der Waals surface area contributed by atoms with Gasteiger partial charge in [-0.3, -0.25) is 0 Å². The molecule has 0 saturated carbocycles. The van der Waals surface area contributed by atoms with Gasteiger partial charge in [-0.05, 0) is 90.2 Å². The molecule has 2 heterocycles. The molecule has 4 rings (SSSR count). The van der Waals surface area contributed by atoms with Gasteiger partial charge in [-0.25, -0.2) is 9.59 Å². The van der Waals surface area contributed by atoms with Crippen LogP contribution in [0.1, 0.15) is 90.4 Å². The van der Waals surface area contributed by atoms with Gasteiger partial charge in [0.15, 0.2) is 0 Å². The van der Waals surface area contributed by atoms with E-state index < -0.39 is 11.2 Å². The lowest BCUT2D eigenvalue weighted by atomic mass is 9.88. The maximum Gasteiger partial charge on any atom is 0.410 e. The molecule has 0 aromatic heterocycles. The molecule has 8 nitrogen and oxygen atoms in total. The average molecular weight is 583 g/mol. The minimum Gasteiger partial charge on any atom is -0.444 e. The number of aliphatic hydroxyl groups is 2. The summed E-state index contributed by atoms with van der Waals surface area (Å²) in [6.45, 7) is 12.9. The number of aliphatic hydroxyl groups excluding tert-OH is 2. The van der Waals surface area contributed by atoms with Gasteiger partial charge in [0, 0.05) is 26.3 Å². The summed E-state index contributed by atoms with van der Waals surface area (Å²) >= 11 is 0. The molecule has 0 bridgehead atoms. The Balaban J connectivity index is 0.000000230. The van der Waals surface area contributed by atoms with Crippen molar-refractivity contribution in [3.8, 4) is 0 Å². The first-order valence-corrected chi connectivity index (χ1v) is 15.1. The van der Waals surface area contributed by atoms with Gasteiger partial charge >= 0.3 is 12.2 Å². The Hall–Kier alpha value is -3.10. The van der Waals surface area contributed by atoms with Crippen LogP contribution in [-0.2, 0) is 9.47 Å². The Morgan fingerprint density at radius 1 is 0.667 bits per heavy atom. The van der Waals surface area contributed by atoms with Crippen molar-refractivity contribution < 1.29 is 29.3 Å².